The molecule has 2 heterocycles. The number of nitrogen functional groups attached to an aromatic ring is 1. The lowest BCUT2D eigenvalue weighted by molar-refractivity contribution is -0.158. The number of imidazole rings is 1. The number of hydrogen-bond acceptors (Lipinski definition) is 9. The third-order valence-electron chi connectivity index (χ3n) is 8.15. The predicted octanol–water partition coefficient (Wildman–Crippen LogP) is 8.21. The number of anilines is 1. The Morgan fingerprint density at radius 3 is 2.33 bits per heavy atom. The number of carbonyl (C=O) groups is 1. The first-order chi connectivity index (χ1) is 23.2. The SMILES string of the molecule is CCOCc1nc2c(N)nc3ccccc3c2n1[C@@H](COP(=O)(N[C@H](C(=O)OC(C)(C)C)C(C)C)Oc1ccc2ccccc2c1)C(C)C. The van der Waals surface area contributed by atoms with Crippen LogP contribution in [0.5, 0.6) is 5.75 Å². The van der Waals surface area contributed by atoms with Crippen molar-refractivity contribution in [3.63, 3.8) is 0 Å². The van der Waals surface area contributed by atoms with Gasteiger partial charge in [-0.15, -0.1) is 0 Å². The number of para-hydroxylation sites is 1. The van der Waals surface area contributed by atoms with E-state index in [1.165, 1.54) is 0 Å². The second-order valence-electron chi connectivity index (χ2n) is 13.8. The fourth-order valence-corrected chi connectivity index (χ4v) is 7.39. The topological polar surface area (TPSA) is 140 Å². The fraction of sp³-hybridized carbons (Fsp3) is 0.432. The summed E-state index contributed by atoms with van der Waals surface area (Å²) >= 11 is 0. The van der Waals surface area contributed by atoms with Gasteiger partial charge in [-0.3, -0.25) is 9.32 Å². The molecular formula is C37H48N5O6P. The van der Waals surface area contributed by atoms with Gasteiger partial charge in [0.15, 0.2) is 5.82 Å². The van der Waals surface area contributed by atoms with Gasteiger partial charge in [0.1, 0.15) is 35.3 Å². The Bertz CT molecular complexity index is 1990. The molecular weight excluding hydrogens is 641 g/mol. The van der Waals surface area contributed by atoms with Crippen LogP contribution in [-0.2, 0) is 30.0 Å². The molecule has 0 radical (unpaired) electrons. The van der Waals surface area contributed by atoms with Gasteiger partial charge in [-0.25, -0.2) is 14.5 Å². The van der Waals surface area contributed by atoms with Crippen LogP contribution in [0, 0.1) is 11.8 Å². The molecule has 0 aliphatic rings. The summed E-state index contributed by atoms with van der Waals surface area (Å²) in [5.74, 6) is 0.380. The number of carbonyl (C=O) groups excluding carboxylic acids is 1. The summed E-state index contributed by atoms with van der Waals surface area (Å²) in [6, 6.07) is 19.6. The number of aromatic nitrogens is 3. The molecule has 12 heteroatoms. The largest absolute Gasteiger partial charge is 0.459 e. The van der Waals surface area contributed by atoms with Crippen molar-refractivity contribution >= 4 is 52.2 Å². The van der Waals surface area contributed by atoms with E-state index in [1.54, 1.807) is 32.9 Å². The first kappa shape index (κ1) is 36.3. The van der Waals surface area contributed by atoms with Crippen molar-refractivity contribution in [1.82, 2.24) is 19.6 Å². The molecule has 5 aromatic rings. The molecule has 11 nitrogen and oxygen atoms in total. The van der Waals surface area contributed by atoms with Crippen molar-refractivity contribution in [3.8, 4) is 5.75 Å². The molecule has 0 spiro atoms. The summed E-state index contributed by atoms with van der Waals surface area (Å²) in [5, 5.41) is 5.74. The third kappa shape index (κ3) is 8.41. The van der Waals surface area contributed by atoms with Gasteiger partial charge in [0, 0.05) is 12.0 Å². The predicted molar refractivity (Wildman–Crippen MR) is 194 cm³/mol. The Hall–Kier alpha value is -4.02. The molecule has 0 saturated carbocycles. The number of benzene rings is 3. The quantitative estimate of drug-likeness (QED) is 0.0866. The molecule has 0 fully saturated rings. The zero-order valence-electron chi connectivity index (χ0n) is 29.6. The lowest BCUT2D eigenvalue weighted by atomic mass is 10.0. The monoisotopic (exact) mass is 689 g/mol. The Morgan fingerprint density at radius 1 is 0.959 bits per heavy atom. The Morgan fingerprint density at radius 2 is 1.65 bits per heavy atom. The fourth-order valence-electron chi connectivity index (χ4n) is 5.72. The average Bonchev–Trinajstić information content (AvgIpc) is 3.41. The van der Waals surface area contributed by atoms with Gasteiger partial charge in [-0.1, -0.05) is 76.2 Å². The summed E-state index contributed by atoms with van der Waals surface area (Å²) in [6.45, 7) is 15.7. The van der Waals surface area contributed by atoms with Crippen molar-refractivity contribution < 1.29 is 27.9 Å². The molecule has 0 saturated heterocycles. The zero-order chi connectivity index (χ0) is 35.5. The van der Waals surface area contributed by atoms with Crippen LogP contribution in [0.1, 0.15) is 67.3 Å². The van der Waals surface area contributed by atoms with Crippen LogP contribution in [0.2, 0.25) is 0 Å². The van der Waals surface area contributed by atoms with Gasteiger partial charge < -0.3 is 24.3 Å². The number of nitrogens with one attached hydrogen (secondary N) is 1. The van der Waals surface area contributed by atoms with Gasteiger partial charge in [-0.05, 0) is 68.5 Å². The molecule has 49 heavy (non-hydrogen) atoms. The number of pyridine rings is 1. The summed E-state index contributed by atoms with van der Waals surface area (Å²) in [5.41, 5.74) is 7.77. The van der Waals surface area contributed by atoms with Crippen LogP contribution >= 0.6 is 7.75 Å². The van der Waals surface area contributed by atoms with Crippen molar-refractivity contribution in [2.75, 3.05) is 18.9 Å². The van der Waals surface area contributed by atoms with E-state index >= 15 is 0 Å². The van der Waals surface area contributed by atoms with Gasteiger partial charge in [-0.2, -0.15) is 5.09 Å². The number of fused-ring (bicyclic) bond motifs is 4. The van der Waals surface area contributed by atoms with E-state index in [2.05, 4.69) is 28.5 Å². The van der Waals surface area contributed by atoms with Gasteiger partial charge in [0.25, 0.3) is 0 Å². The molecule has 3 N–H and O–H groups in total. The van der Waals surface area contributed by atoms with Gasteiger partial charge >= 0.3 is 13.7 Å². The lowest BCUT2D eigenvalue weighted by Crippen LogP contribution is -2.44. The van der Waals surface area contributed by atoms with Crippen LogP contribution in [0.4, 0.5) is 5.82 Å². The molecule has 0 aliphatic heterocycles. The Kier molecular flexibility index (Phi) is 11.0. The summed E-state index contributed by atoms with van der Waals surface area (Å²) in [6.07, 6.45) is 0. The van der Waals surface area contributed by atoms with E-state index in [0.29, 0.717) is 29.5 Å². The number of esters is 1. The Labute approximate surface area is 288 Å². The van der Waals surface area contributed by atoms with Crippen molar-refractivity contribution in [1.29, 1.82) is 0 Å². The first-order valence-corrected chi connectivity index (χ1v) is 18.3. The van der Waals surface area contributed by atoms with Crippen molar-refractivity contribution in [2.24, 2.45) is 11.8 Å². The maximum Gasteiger partial charge on any atom is 0.459 e. The van der Waals surface area contributed by atoms with Crippen molar-refractivity contribution in [3.05, 3.63) is 72.6 Å². The number of rotatable bonds is 14. The zero-order valence-corrected chi connectivity index (χ0v) is 30.5. The highest BCUT2D eigenvalue weighted by molar-refractivity contribution is 7.52. The third-order valence-corrected chi connectivity index (χ3v) is 9.68. The van der Waals surface area contributed by atoms with Crippen LogP contribution in [0.3, 0.4) is 0 Å². The standard InChI is InChI=1S/C37H48N5O6P/c1-9-45-22-31-40-33-34(28-16-12-13-17-29(28)39-35(33)38)42(31)30(23(2)3)21-46-49(44,41-32(24(4)5)36(43)47-37(6,7)8)48-27-19-18-25-14-10-11-15-26(25)20-27/h10-20,23-24,30,32H,9,21-22H2,1-8H3,(H2,38,39)(H,41,44)/t30-,32-,49?/m0/s1. The molecule has 3 aromatic carbocycles. The molecule has 262 valence electrons. The van der Waals surface area contributed by atoms with E-state index in [0.717, 1.165) is 27.2 Å². The van der Waals surface area contributed by atoms with Crippen LogP contribution in [-0.4, -0.2) is 45.4 Å². The Balaban J connectivity index is 1.58. The lowest BCUT2D eigenvalue weighted by Gasteiger charge is -2.31. The number of nitrogens with zero attached hydrogens (tertiary/aromatic N) is 3. The van der Waals surface area contributed by atoms with Crippen molar-refractivity contribution in [2.45, 2.75) is 79.7 Å². The smallest absolute Gasteiger partial charge is 0.459 e. The normalized spacial score (nSPS) is 14.8. The van der Waals surface area contributed by atoms with Gasteiger partial charge in [0.2, 0.25) is 0 Å². The molecule has 3 atom stereocenters. The highest BCUT2D eigenvalue weighted by atomic mass is 31.2. The van der Waals surface area contributed by atoms with E-state index in [4.69, 9.17) is 29.2 Å². The maximum absolute atomic E-state index is 14.9. The maximum atomic E-state index is 14.9. The van der Waals surface area contributed by atoms with E-state index < -0.39 is 31.4 Å². The second-order valence-corrected chi connectivity index (χ2v) is 15.5. The summed E-state index contributed by atoms with van der Waals surface area (Å²) in [7, 11) is -4.25. The minimum atomic E-state index is -4.25. The first-order valence-electron chi connectivity index (χ1n) is 16.8. The molecule has 2 aromatic heterocycles. The van der Waals surface area contributed by atoms with Crippen LogP contribution in [0.15, 0.2) is 66.7 Å². The molecule has 0 amide bonds. The van der Waals surface area contributed by atoms with E-state index in [9.17, 15) is 9.36 Å². The molecule has 1 unspecified atom stereocenters. The number of ether oxygens (including phenoxy) is 2. The highest BCUT2D eigenvalue weighted by Crippen LogP contribution is 2.48. The van der Waals surface area contributed by atoms with Crippen LogP contribution in [0.25, 0.3) is 32.7 Å². The highest BCUT2D eigenvalue weighted by Gasteiger charge is 2.39. The number of hydrogen-bond donors (Lipinski definition) is 2. The minimum absolute atomic E-state index is 0.0354. The molecule has 0 bridgehead atoms. The van der Waals surface area contributed by atoms with E-state index in [-0.39, 0.29) is 25.0 Å². The van der Waals surface area contributed by atoms with E-state index in [1.807, 2.05) is 75.4 Å². The molecule has 0 aliphatic carbocycles. The number of nitrogens with two attached hydrogens (primary N) is 1. The summed E-state index contributed by atoms with van der Waals surface area (Å²) < 4.78 is 41.2. The summed E-state index contributed by atoms with van der Waals surface area (Å²) in [4.78, 5) is 22.9. The average molecular weight is 690 g/mol. The molecule has 5 rings (SSSR count). The minimum Gasteiger partial charge on any atom is -0.459 e. The second kappa shape index (κ2) is 14.8. The van der Waals surface area contributed by atoms with Gasteiger partial charge in [0.05, 0.1) is 23.7 Å². The van der Waals surface area contributed by atoms with Crippen LogP contribution < -0.4 is 15.3 Å².